The summed E-state index contributed by atoms with van der Waals surface area (Å²) in [4.78, 5) is 30.6. The van der Waals surface area contributed by atoms with Crippen molar-refractivity contribution in [2.75, 3.05) is 52.4 Å². The van der Waals surface area contributed by atoms with Gasteiger partial charge in [0.15, 0.2) is 0 Å². The van der Waals surface area contributed by atoms with E-state index in [1.165, 1.54) is 12.8 Å². The molecule has 2 fully saturated rings. The lowest BCUT2D eigenvalue weighted by atomic mass is 9.85. The summed E-state index contributed by atoms with van der Waals surface area (Å²) < 4.78 is 0. The van der Waals surface area contributed by atoms with Crippen LogP contribution in [0.5, 0.6) is 0 Å². The van der Waals surface area contributed by atoms with Gasteiger partial charge in [0.1, 0.15) is 0 Å². The van der Waals surface area contributed by atoms with Gasteiger partial charge in [-0.25, -0.2) is 4.79 Å². The van der Waals surface area contributed by atoms with Gasteiger partial charge in [-0.1, -0.05) is 6.92 Å². The molecule has 0 bridgehead atoms. The van der Waals surface area contributed by atoms with E-state index in [1.54, 1.807) is 0 Å². The van der Waals surface area contributed by atoms with Crippen molar-refractivity contribution >= 4 is 24.3 Å². The molecule has 3 amide bonds. The lowest BCUT2D eigenvalue weighted by Gasteiger charge is -2.38. The number of carbonyl (C=O) groups is 2. The Hall–Kier alpha value is -1.01. The first-order valence-corrected chi connectivity index (χ1v) is 9.59. The molecule has 0 aliphatic carbocycles. The van der Waals surface area contributed by atoms with Crippen LogP contribution in [-0.2, 0) is 4.79 Å². The fourth-order valence-corrected chi connectivity index (χ4v) is 3.78. The lowest BCUT2D eigenvalue weighted by molar-refractivity contribution is -0.134. The molecule has 2 aliphatic heterocycles. The Labute approximate surface area is 158 Å². The van der Waals surface area contributed by atoms with E-state index in [4.69, 9.17) is 0 Å². The first-order valence-electron chi connectivity index (χ1n) is 9.59. The minimum absolute atomic E-state index is 0. The number of halogens is 1. The zero-order valence-corrected chi connectivity index (χ0v) is 16.8. The van der Waals surface area contributed by atoms with Crippen LogP contribution in [-0.4, -0.2) is 79.0 Å². The fourth-order valence-electron chi connectivity index (χ4n) is 3.78. The molecule has 2 atom stereocenters. The van der Waals surface area contributed by atoms with Gasteiger partial charge in [0.2, 0.25) is 5.91 Å². The van der Waals surface area contributed by atoms with Gasteiger partial charge in [0, 0.05) is 45.7 Å². The number of carbonyl (C=O) groups excluding carboxylic acids is 2. The Morgan fingerprint density at radius 1 is 1.12 bits per heavy atom. The Bertz CT molecular complexity index is 417. The number of nitrogens with one attached hydrogen (secondary N) is 1. The van der Waals surface area contributed by atoms with Gasteiger partial charge in [-0.2, -0.15) is 0 Å². The fraction of sp³-hybridized carbons (Fsp3) is 0.889. The number of hydrogen-bond donors (Lipinski definition) is 1. The molecule has 146 valence electrons. The van der Waals surface area contributed by atoms with Crippen LogP contribution >= 0.6 is 12.4 Å². The second kappa shape index (κ2) is 10.9. The molecule has 0 aromatic heterocycles. The molecule has 2 rings (SSSR count). The minimum Gasteiger partial charge on any atom is -0.339 e. The van der Waals surface area contributed by atoms with Gasteiger partial charge >= 0.3 is 6.03 Å². The van der Waals surface area contributed by atoms with Crippen LogP contribution in [0.4, 0.5) is 4.79 Å². The van der Waals surface area contributed by atoms with Crippen LogP contribution in [0, 0.1) is 11.8 Å². The Morgan fingerprint density at radius 3 is 2.24 bits per heavy atom. The maximum atomic E-state index is 12.6. The number of hydrogen-bond acceptors (Lipinski definition) is 3. The molecule has 1 N–H and O–H groups in total. The molecule has 2 unspecified atom stereocenters. The highest BCUT2D eigenvalue weighted by Crippen LogP contribution is 2.23. The molecule has 0 radical (unpaired) electrons. The van der Waals surface area contributed by atoms with E-state index >= 15 is 0 Å². The van der Waals surface area contributed by atoms with Crippen LogP contribution in [0.2, 0.25) is 0 Å². The molecule has 25 heavy (non-hydrogen) atoms. The molecule has 6 nitrogen and oxygen atoms in total. The van der Waals surface area contributed by atoms with E-state index in [-0.39, 0.29) is 24.3 Å². The molecule has 0 aromatic rings. The van der Waals surface area contributed by atoms with Crippen molar-refractivity contribution in [3.63, 3.8) is 0 Å². The average Bonchev–Trinajstić information content (AvgIpc) is 2.63. The van der Waals surface area contributed by atoms with Crippen molar-refractivity contribution in [3.05, 3.63) is 0 Å². The van der Waals surface area contributed by atoms with Crippen molar-refractivity contribution in [3.8, 4) is 0 Å². The molecule has 0 saturated carbocycles. The zero-order valence-electron chi connectivity index (χ0n) is 16.0. The number of amides is 3. The summed E-state index contributed by atoms with van der Waals surface area (Å²) in [5.74, 6) is 1.30. The third-order valence-electron chi connectivity index (χ3n) is 5.57. The van der Waals surface area contributed by atoms with E-state index in [0.717, 1.165) is 26.2 Å². The smallest absolute Gasteiger partial charge is 0.320 e. The Morgan fingerprint density at radius 2 is 1.72 bits per heavy atom. The van der Waals surface area contributed by atoms with Crippen molar-refractivity contribution < 1.29 is 9.59 Å². The molecule has 0 aromatic carbocycles. The highest BCUT2D eigenvalue weighted by Gasteiger charge is 2.28. The summed E-state index contributed by atoms with van der Waals surface area (Å²) in [6.07, 6.45) is 3.08. The largest absolute Gasteiger partial charge is 0.339 e. The average molecular weight is 375 g/mol. The number of urea groups is 1. The summed E-state index contributed by atoms with van der Waals surface area (Å²) >= 11 is 0. The molecule has 2 heterocycles. The maximum absolute atomic E-state index is 12.6. The van der Waals surface area contributed by atoms with E-state index in [9.17, 15) is 9.59 Å². The van der Waals surface area contributed by atoms with Gasteiger partial charge < -0.3 is 20.0 Å². The predicted molar refractivity (Wildman–Crippen MR) is 103 cm³/mol. The molecule has 2 aliphatic rings. The van der Waals surface area contributed by atoms with E-state index in [0.29, 0.717) is 44.4 Å². The summed E-state index contributed by atoms with van der Waals surface area (Å²) in [5, 5.41) is 3.43. The summed E-state index contributed by atoms with van der Waals surface area (Å²) in [6.45, 7) is 12.5. The van der Waals surface area contributed by atoms with Crippen LogP contribution in [0.25, 0.3) is 0 Å². The molecule has 0 spiro atoms. The summed E-state index contributed by atoms with van der Waals surface area (Å²) in [5.41, 5.74) is 0. The van der Waals surface area contributed by atoms with Gasteiger partial charge in [-0.05, 0) is 51.6 Å². The first kappa shape index (κ1) is 22.0. The van der Waals surface area contributed by atoms with Crippen molar-refractivity contribution in [1.29, 1.82) is 0 Å². The van der Waals surface area contributed by atoms with Crippen molar-refractivity contribution in [1.82, 2.24) is 20.0 Å². The van der Waals surface area contributed by atoms with E-state index in [1.807, 2.05) is 28.5 Å². The highest BCUT2D eigenvalue weighted by atomic mass is 35.5. The Kier molecular flexibility index (Phi) is 9.57. The maximum Gasteiger partial charge on any atom is 0.320 e. The number of nitrogens with zero attached hydrogens (tertiary/aromatic N) is 3. The lowest BCUT2D eigenvalue weighted by Crippen LogP contribution is -2.54. The predicted octanol–water partition coefficient (Wildman–Crippen LogP) is 2.04. The van der Waals surface area contributed by atoms with Crippen LogP contribution in [0.1, 0.15) is 40.0 Å². The normalized spacial score (nSPS) is 22.1. The number of piperazine rings is 1. The highest BCUT2D eigenvalue weighted by molar-refractivity contribution is 5.85. The van der Waals surface area contributed by atoms with Gasteiger partial charge in [-0.3, -0.25) is 4.79 Å². The molecular weight excluding hydrogens is 340 g/mol. The van der Waals surface area contributed by atoms with Crippen LogP contribution < -0.4 is 5.32 Å². The standard InChI is InChI=1S/C18H34N4O2.ClH/c1-4-20(5-2)18(24)22-11-9-21(10-12-22)17(23)13-15(3)16-7-6-8-19-14-16;/h15-16,19H,4-14H2,1-3H3;1H. The number of piperidine rings is 1. The SMILES string of the molecule is CCN(CC)C(=O)N1CCN(C(=O)CC(C)C2CCCNC2)CC1.Cl. The van der Waals surface area contributed by atoms with Crippen molar-refractivity contribution in [2.45, 2.75) is 40.0 Å². The van der Waals surface area contributed by atoms with Gasteiger partial charge in [-0.15, -0.1) is 12.4 Å². The Balaban J connectivity index is 0.00000312. The monoisotopic (exact) mass is 374 g/mol. The summed E-state index contributed by atoms with van der Waals surface area (Å²) in [6, 6.07) is 0.105. The summed E-state index contributed by atoms with van der Waals surface area (Å²) in [7, 11) is 0. The minimum atomic E-state index is 0. The van der Waals surface area contributed by atoms with Gasteiger partial charge in [0.05, 0.1) is 0 Å². The molecular formula is C18H35ClN4O2. The molecule has 7 heteroatoms. The second-order valence-electron chi connectivity index (χ2n) is 7.11. The second-order valence-corrected chi connectivity index (χ2v) is 7.11. The molecule has 2 saturated heterocycles. The van der Waals surface area contributed by atoms with E-state index in [2.05, 4.69) is 12.2 Å². The third kappa shape index (κ3) is 6.03. The van der Waals surface area contributed by atoms with E-state index < -0.39 is 0 Å². The quantitative estimate of drug-likeness (QED) is 0.801. The van der Waals surface area contributed by atoms with Crippen LogP contribution in [0.15, 0.2) is 0 Å². The van der Waals surface area contributed by atoms with Crippen molar-refractivity contribution in [2.24, 2.45) is 11.8 Å². The number of rotatable bonds is 5. The van der Waals surface area contributed by atoms with Crippen LogP contribution in [0.3, 0.4) is 0 Å². The third-order valence-corrected chi connectivity index (χ3v) is 5.57. The zero-order chi connectivity index (χ0) is 17.5. The van der Waals surface area contributed by atoms with Gasteiger partial charge in [0.25, 0.3) is 0 Å². The topological polar surface area (TPSA) is 55.9 Å². The first-order chi connectivity index (χ1) is 11.6.